The molecule has 178 valence electrons. The van der Waals surface area contributed by atoms with Gasteiger partial charge in [0.15, 0.2) is 5.75 Å². The third-order valence-corrected chi connectivity index (χ3v) is 6.10. The Labute approximate surface area is 196 Å². The van der Waals surface area contributed by atoms with Gasteiger partial charge in [0, 0.05) is 23.9 Å². The molecule has 0 aromatic heterocycles. The first-order valence-electron chi connectivity index (χ1n) is 10.3. The maximum Gasteiger partial charge on any atom is 0.312 e. The minimum Gasteiger partial charge on any atom is -0.502 e. The predicted molar refractivity (Wildman–Crippen MR) is 126 cm³/mol. The number of aromatic hydroxyl groups is 1. The number of hydrogen-bond acceptors (Lipinski definition) is 7. The first kappa shape index (κ1) is 24.5. The number of rotatable bonds is 11. The molecule has 0 unspecified atom stereocenters. The van der Waals surface area contributed by atoms with Crippen molar-refractivity contribution >= 4 is 27.3 Å². The molecule has 0 saturated heterocycles. The molecule has 10 nitrogen and oxygen atoms in total. The summed E-state index contributed by atoms with van der Waals surface area (Å²) in [7, 11) is -4.14. The molecule has 3 aromatic rings. The van der Waals surface area contributed by atoms with E-state index in [2.05, 4.69) is 10.0 Å². The van der Waals surface area contributed by atoms with Gasteiger partial charge in [-0.1, -0.05) is 18.2 Å². The Balaban J connectivity index is 1.49. The standard InChI is InChI=1S/C23H23N3O7S/c27-22-13-12-20(16-21(22)26(29)30)34(31,32)25-18-10-8-17(9-11-18)23(28)24-14-4-5-15-33-19-6-2-1-3-7-19/h1-3,6-13,16,25,27H,4-5,14-15H2,(H,24,28). The zero-order chi connectivity index (χ0) is 24.6. The van der Waals surface area contributed by atoms with E-state index in [0.29, 0.717) is 18.7 Å². The van der Waals surface area contributed by atoms with Crippen molar-refractivity contribution in [2.75, 3.05) is 17.9 Å². The predicted octanol–water partition coefficient (Wildman–Crippen LogP) is 3.69. The van der Waals surface area contributed by atoms with Crippen molar-refractivity contribution in [3.8, 4) is 11.5 Å². The van der Waals surface area contributed by atoms with Gasteiger partial charge in [0.05, 0.1) is 16.4 Å². The van der Waals surface area contributed by atoms with Gasteiger partial charge in [-0.2, -0.15) is 0 Å². The number of carbonyl (C=O) groups is 1. The molecule has 34 heavy (non-hydrogen) atoms. The number of phenolic OH excluding ortho intramolecular Hbond substituents is 1. The molecule has 0 bridgehead atoms. The zero-order valence-corrected chi connectivity index (χ0v) is 18.8. The third-order valence-electron chi connectivity index (χ3n) is 4.72. The molecule has 0 heterocycles. The number of amides is 1. The highest BCUT2D eigenvalue weighted by atomic mass is 32.2. The van der Waals surface area contributed by atoms with Crippen molar-refractivity contribution in [2.45, 2.75) is 17.7 Å². The normalized spacial score (nSPS) is 10.9. The van der Waals surface area contributed by atoms with Gasteiger partial charge in [0.1, 0.15) is 5.75 Å². The fourth-order valence-electron chi connectivity index (χ4n) is 2.96. The van der Waals surface area contributed by atoms with E-state index < -0.39 is 26.4 Å². The summed E-state index contributed by atoms with van der Waals surface area (Å²) in [4.78, 5) is 22.0. The van der Waals surface area contributed by atoms with Crippen molar-refractivity contribution in [1.29, 1.82) is 0 Å². The van der Waals surface area contributed by atoms with Crippen LogP contribution >= 0.6 is 0 Å². The Hall–Kier alpha value is -4.12. The molecule has 0 aliphatic carbocycles. The van der Waals surface area contributed by atoms with Crippen LogP contribution in [0.15, 0.2) is 77.7 Å². The molecule has 3 aromatic carbocycles. The van der Waals surface area contributed by atoms with Crippen LogP contribution in [0.25, 0.3) is 0 Å². The average molecular weight is 486 g/mol. The summed E-state index contributed by atoms with van der Waals surface area (Å²) in [6, 6.07) is 18.0. The molecule has 0 saturated carbocycles. The Bertz CT molecular complexity index is 1250. The molecule has 3 N–H and O–H groups in total. The lowest BCUT2D eigenvalue weighted by atomic mass is 10.2. The quantitative estimate of drug-likeness (QED) is 0.213. The largest absolute Gasteiger partial charge is 0.502 e. The van der Waals surface area contributed by atoms with E-state index >= 15 is 0 Å². The number of phenols is 1. The maximum absolute atomic E-state index is 12.5. The van der Waals surface area contributed by atoms with Crippen molar-refractivity contribution in [2.24, 2.45) is 0 Å². The molecule has 0 fully saturated rings. The number of ether oxygens (including phenoxy) is 1. The molecule has 1 amide bonds. The second-order valence-corrected chi connectivity index (χ2v) is 8.90. The van der Waals surface area contributed by atoms with Gasteiger partial charge >= 0.3 is 5.69 Å². The van der Waals surface area contributed by atoms with Crippen LogP contribution in [0.2, 0.25) is 0 Å². The van der Waals surface area contributed by atoms with E-state index in [9.17, 15) is 28.4 Å². The molecule has 0 aliphatic heterocycles. The van der Waals surface area contributed by atoms with Gasteiger partial charge in [-0.15, -0.1) is 0 Å². The van der Waals surface area contributed by atoms with E-state index in [-0.39, 0.29) is 16.5 Å². The molecule has 0 atom stereocenters. The van der Waals surface area contributed by atoms with E-state index in [1.165, 1.54) is 24.3 Å². The van der Waals surface area contributed by atoms with Gasteiger partial charge in [0.2, 0.25) is 0 Å². The van der Waals surface area contributed by atoms with Gasteiger partial charge in [-0.25, -0.2) is 8.42 Å². The summed E-state index contributed by atoms with van der Waals surface area (Å²) >= 11 is 0. The first-order chi connectivity index (χ1) is 16.3. The van der Waals surface area contributed by atoms with Crippen LogP contribution in [0.4, 0.5) is 11.4 Å². The Morgan fingerprint density at radius 2 is 1.71 bits per heavy atom. The van der Waals surface area contributed by atoms with Gasteiger partial charge in [-0.3, -0.25) is 19.6 Å². The lowest BCUT2D eigenvalue weighted by Gasteiger charge is -2.10. The molecule has 0 spiro atoms. The van der Waals surface area contributed by atoms with Gasteiger partial charge in [-0.05, 0) is 61.4 Å². The number of nitro benzene ring substituents is 1. The number of unbranched alkanes of at least 4 members (excludes halogenated alkanes) is 1. The van der Waals surface area contributed by atoms with Crippen LogP contribution in [0.3, 0.4) is 0 Å². The van der Waals surface area contributed by atoms with E-state index in [0.717, 1.165) is 36.8 Å². The second kappa shape index (κ2) is 11.1. The topological polar surface area (TPSA) is 148 Å². The monoisotopic (exact) mass is 485 g/mol. The number of sulfonamides is 1. The van der Waals surface area contributed by atoms with Crippen LogP contribution in [-0.2, 0) is 10.0 Å². The summed E-state index contributed by atoms with van der Waals surface area (Å²) in [6.07, 6.45) is 1.50. The van der Waals surface area contributed by atoms with Crippen LogP contribution < -0.4 is 14.8 Å². The Morgan fingerprint density at radius 1 is 1.00 bits per heavy atom. The van der Waals surface area contributed by atoms with Gasteiger partial charge in [0.25, 0.3) is 15.9 Å². The fraction of sp³-hybridized carbons (Fsp3) is 0.174. The highest BCUT2D eigenvalue weighted by Gasteiger charge is 2.21. The summed E-state index contributed by atoms with van der Waals surface area (Å²) in [5, 5.41) is 23.2. The maximum atomic E-state index is 12.5. The average Bonchev–Trinajstić information content (AvgIpc) is 2.82. The van der Waals surface area contributed by atoms with Crippen LogP contribution in [0.1, 0.15) is 23.2 Å². The van der Waals surface area contributed by atoms with Crippen LogP contribution in [0, 0.1) is 10.1 Å². The lowest BCUT2D eigenvalue weighted by Crippen LogP contribution is -2.24. The summed E-state index contributed by atoms with van der Waals surface area (Å²) in [6.45, 7) is 1.00. The van der Waals surface area contributed by atoms with Crippen molar-refractivity contribution in [3.05, 3.63) is 88.5 Å². The Morgan fingerprint density at radius 3 is 2.38 bits per heavy atom. The number of anilines is 1. The number of carbonyl (C=O) groups excluding carboxylic acids is 1. The minimum atomic E-state index is -4.14. The molecular formula is C23H23N3O7S. The molecule has 11 heteroatoms. The SMILES string of the molecule is O=C(NCCCCOc1ccccc1)c1ccc(NS(=O)(=O)c2ccc(O)c([N+](=O)[O-])c2)cc1. The summed E-state index contributed by atoms with van der Waals surface area (Å²) in [5.74, 6) is -0.138. The number of hydrogen-bond donors (Lipinski definition) is 3. The molecule has 3 rings (SSSR count). The molecular weight excluding hydrogens is 462 g/mol. The number of nitrogens with zero attached hydrogens (tertiary/aromatic N) is 1. The van der Waals surface area contributed by atoms with Crippen LogP contribution in [-0.4, -0.2) is 37.5 Å². The number of nitrogens with one attached hydrogen (secondary N) is 2. The number of para-hydroxylation sites is 1. The van der Waals surface area contributed by atoms with E-state index in [4.69, 9.17) is 4.74 Å². The van der Waals surface area contributed by atoms with Crippen molar-refractivity contribution in [3.63, 3.8) is 0 Å². The zero-order valence-electron chi connectivity index (χ0n) is 18.0. The third kappa shape index (κ3) is 6.69. The van der Waals surface area contributed by atoms with Gasteiger partial charge < -0.3 is 15.2 Å². The lowest BCUT2D eigenvalue weighted by molar-refractivity contribution is -0.386. The molecule has 0 radical (unpaired) electrons. The highest BCUT2D eigenvalue weighted by Crippen LogP contribution is 2.29. The highest BCUT2D eigenvalue weighted by molar-refractivity contribution is 7.92. The van der Waals surface area contributed by atoms with Crippen LogP contribution in [0.5, 0.6) is 11.5 Å². The summed E-state index contributed by atoms with van der Waals surface area (Å²) in [5.41, 5.74) is -0.199. The minimum absolute atomic E-state index is 0.172. The Kier molecular flexibility index (Phi) is 8.04. The first-order valence-corrected chi connectivity index (χ1v) is 11.8. The van der Waals surface area contributed by atoms with E-state index in [1.807, 2.05) is 30.3 Å². The fourth-order valence-corrected chi connectivity index (χ4v) is 4.04. The number of nitro groups is 1. The van der Waals surface area contributed by atoms with Crippen molar-refractivity contribution < 1.29 is 28.0 Å². The number of benzene rings is 3. The van der Waals surface area contributed by atoms with Crippen molar-refractivity contribution in [1.82, 2.24) is 5.32 Å². The second-order valence-electron chi connectivity index (χ2n) is 7.22. The smallest absolute Gasteiger partial charge is 0.312 e. The summed E-state index contributed by atoms with van der Waals surface area (Å²) < 4.78 is 32.9. The van der Waals surface area contributed by atoms with E-state index in [1.54, 1.807) is 0 Å². The molecule has 0 aliphatic rings.